The lowest BCUT2D eigenvalue weighted by molar-refractivity contribution is 0.0948. The highest BCUT2D eigenvalue weighted by Gasteiger charge is 2.36. The number of carbonyl (C=O) groups is 2. The normalized spacial score (nSPS) is 16.0. The van der Waals surface area contributed by atoms with E-state index in [1.54, 1.807) is 24.3 Å². The molecule has 1 aliphatic carbocycles. The fourth-order valence-electron chi connectivity index (χ4n) is 4.25. The Morgan fingerprint density at radius 2 is 1.58 bits per heavy atom. The van der Waals surface area contributed by atoms with Gasteiger partial charge in [-0.1, -0.05) is 24.3 Å². The van der Waals surface area contributed by atoms with E-state index < -0.39 is 0 Å². The minimum absolute atomic E-state index is 0.101. The quantitative estimate of drug-likeness (QED) is 0.690. The Kier molecular flexibility index (Phi) is 5.78. The fraction of sp³-hybridized carbons (Fsp3) is 0.292. The Labute approximate surface area is 187 Å². The van der Waals surface area contributed by atoms with Crippen molar-refractivity contribution in [2.24, 2.45) is 5.73 Å². The van der Waals surface area contributed by atoms with Crippen molar-refractivity contribution in [3.63, 3.8) is 0 Å². The van der Waals surface area contributed by atoms with Gasteiger partial charge in [-0.3, -0.25) is 9.59 Å². The van der Waals surface area contributed by atoms with Crippen LogP contribution in [-0.2, 0) is 0 Å². The van der Waals surface area contributed by atoms with Gasteiger partial charge in [-0.05, 0) is 63.2 Å². The molecule has 0 radical (unpaired) electrons. The second-order valence-corrected chi connectivity index (χ2v) is 8.51. The number of fused-ring (bicyclic) bond motifs is 1. The third kappa shape index (κ3) is 3.93. The molecule has 7 heteroatoms. The molecular formula is C24H26N4O2S. The summed E-state index contributed by atoms with van der Waals surface area (Å²) >= 11 is 5.17. The van der Waals surface area contributed by atoms with Crippen LogP contribution in [0.2, 0.25) is 0 Å². The molecule has 31 heavy (non-hydrogen) atoms. The summed E-state index contributed by atoms with van der Waals surface area (Å²) in [5.74, 6) is -0.260. The Hall–Kier alpha value is -3.19. The number of hydrogen-bond acceptors (Lipinski definition) is 5. The van der Waals surface area contributed by atoms with Crippen molar-refractivity contribution < 1.29 is 9.59 Å². The molecule has 2 aliphatic rings. The minimum Gasteiger partial charge on any atom is -0.376 e. The van der Waals surface area contributed by atoms with E-state index in [2.05, 4.69) is 5.32 Å². The SMILES string of the molecule is CC(C)N(C(N)=S)c1ccc(NC2=C(N3CCCC3)C(=O)c3ccccc3C2=O)cc1. The van der Waals surface area contributed by atoms with E-state index in [1.165, 1.54) is 0 Å². The van der Waals surface area contributed by atoms with Crippen LogP contribution in [0.15, 0.2) is 59.9 Å². The Morgan fingerprint density at radius 3 is 2.13 bits per heavy atom. The number of carbonyl (C=O) groups excluding carboxylic acids is 2. The zero-order valence-electron chi connectivity index (χ0n) is 17.7. The molecule has 1 saturated heterocycles. The van der Waals surface area contributed by atoms with Crippen LogP contribution in [0.1, 0.15) is 47.4 Å². The number of rotatable bonds is 5. The number of hydrogen-bond donors (Lipinski definition) is 2. The maximum absolute atomic E-state index is 13.3. The van der Waals surface area contributed by atoms with Gasteiger partial charge in [0.1, 0.15) is 11.4 Å². The van der Waals surface area contributed by atoms with Gasteiger partial charge in [0.15, 0.2) is 5.11 Å². The number of benzene rings is 2. The van der Waals surface area contributed by atoms with E-state index in [1.807, 2.05) is 47.9 Å². The van der Waals surface area contributed by atoms with Gasteiger partial charge in [0, 0.05) is 41.6 Å². The van der Waals surface area contributed by atoms with Gasteiger partial charge < -0.3 is 20.9 Å². The molecule has 1 aliphatic heterocycles. The summed E-state index contributed by atoms with van der Waals surface area (Å²) in [6, 6.07) is 14.7. The third-order valence-electron chi connectivity index (χ3n) is 5.69. The van der Waals surface area contributed by atoms with Crippen LogP contribution >= 0.6 is 12.2 Å². The van der Waals surface area contributed by atoms with E-state index in [4.69, 9.17) is 18.0 Å². The van der Waals surface area contributed by atoms with Gasteiger partial charge in [-0.25, -0.2) is 0 Å². The number of Topliss-reactive ketones (excluding diaryl/α,β-unsaturated/α-hetero) is 2. The first-order valence-corrected chi connectivity index (χ1v) is 10.9. The van der Waals surface area contributed by atoms with Crippen molar-refractivity contribution in [2.45, 2.75) is 32.7 Å². The first kappa shape index (κ1) is 21.1. The predicted octanol–water partition coefficient (Wildman–Crippen LogP) is 3.94. The largest absolute Gasteiger partial charge is 0.376 e. The van der Waals surface area contributed by atoms with E-state index in [0.717, 1.165) is 37.3 Å². The van der Waals surface area contributed by atoms with Gasteiger partial charge in [0.2, 0.25) is 11.6 Å². The number of anilines is 2. The number of ketones is 2. The Balaban J connectivity index is 1.71. The van der Waals surface area contributed by atoms with Gasteiger partial charge in [-0.2, -0.15) is 0 Å². The minimum atomic E-state index is -0.159. The van der Waals surface area contributed by atoms with E-state index in [9.17, 15) is 9.59 Å². The lowest BCUT2D eigenvalue weighted by Gasteiger charge is -2.29. The van der Waals surface area contributed by atoms with E-state index >= 15 is 0 Å². The second kappa shape index (κ2) is 8.51. The Bertz CT molecular complexity index is 1070. The number of thiocarbonyl (C=S) groups is 1. The zero-order valence-corrected chi connectivity index (χ0v) is 18.5. The molecule has 1 fully saturated rings. The summed E-state index contributed by atoms with van der Waals surface area (Å²) in [7, 11) is 0. The molecule has 6 nitrogen and oxygen atoms in total. The van der Waals surface area contributed by atoms with Crippen molar-refractivity contribution in [3.05, 3.63) is 71.1 Å². The highest BCUT2D eigenvalue weighted by Crippen LogP contribution is 2.31. The monoisotopic (exact) mass is 434 g/mol. The first-order chi connectivity index (χ1) is 14.9. The van der Waals surface area contributed by atoms with Crippen molar-refractivity contribution in [3.8, 4) is 0 Å². The highest BCUT2D eigenvalue weighted by atomic mass is 32.1. The number of nitrogens with one attached hydrogen (secondary N) is 1. The van der Waals surface area contributed by atoms with Gasteiger partial charge in [0.05, 0.1) is 0 Å². The number of nitrogens with two attached hydrogens (primary N) is 1. The third-order valence-corrected chi connectivity index (χ3v) is 5.88. The summed E-state index contributed by atoms with van der Waals surface area (Å²) < 4.78 is 0. The molecule has 2 aromatic carbocycles. The standard InChI is InChI=1S/C24H26N4O2S/c1-15(2)28(24(25)31)17-11-9-16(10-12-17)26-20-21(27-13-5-6-14-27)23(30)19-8-4-3-7-18(19)22(20)29/h3-4,7-12,15,26H,5-6,13-14H2,1-2H3,(H2,25,31). The van der Waals surface area contributed by atoms with Crippen molar-refractivity contribution in [1.29, 1.82) is 0 Å². The molecule has 1 heterocycles. The number of likely N-dealkylation sites (tertiary alicyclic amines) is 1. The van der Waals surface area contributed by atoms with Crippen LogP contribution in [0.5, 0.6) is 0 Å². The smallest absolute Gasteiger partial charge is 0.212 e. The summed E-state index contributed by atoms with van der Waals surface area (Å²) in [6.45, 7) is 5.58. The molecule has 0 unspecified atom stereocenters. The van der Waals surface area contributed by atoms with Gasteiger partial charge in [-0.15, -0.1) is 0 Å². The highest BCUT2D eigenvalue weighted by molar-refractivity contribution is 7.80. The van der Waals surface area contributed by atoms with Crippen molar-refractivity contribution >= 4 is 40.3 Å². The van der Waals surface area contributed by atoms with E-state index in [-0.39, 0.29) is 17.6 Å². The molecule has 4 rings (SSSR count). The average Bonchev–Trinajstić information content (AvgIpc) is 3.27. The van der Waals surface area contributed by atoms with Gasteiger partial charge in [0.25, 0.3) is 0 Å². The average molecular weight is 435 g/mol. The number of nitrogens with zero attached hydrogens (tertiary/aromatic N) is 2. The molecular weight excluding hydrogens is 408 g/mol. The molecule has 0 aromatic heterocycles. The summed E-state index contributed by atoms with van der Waals surface area (Å²) in [4.78, 5) is 30.6. The van der Waals surface area contributed by atoms with Gasteiger partial charge >= 0.3 is 0 Å². The molecule has 0 atom stereocenters. The van der Waals surface area contributed by atoms with Crippen LogP contribution in [-0.4, -0.2) is 40.7 Å². The number of allylic oxidation sites excluding steroid dienone is 2. The van der Waals surface area contributed by atoms with Crippen LogP contribution in [0, 0.1) is 0 Å². The first-order valence-electron chi connectivity index (χ1n) is 10.5. The van der Waals surface area contributed by atoms with Crippen molar-refractivity contribution in [1.82, 2.24) is 4.90 Å². The molecule has 3 N–H and O–H groups in total. The fourth-order valence-corrected chi connectivity index (χ4v) is 4.57. The molecule has 2 aromatic rings. The topological polar surface area (TPSA) is 78.7 Å². The molecule has 0 amide bonds. The van der Waals surface area contributed by atoms with Crippen molar-refractivity contribution in [2.75, 3.05) is 23.3 Å². The second-order valence-electron chi connectivity index (χ2n) is 8.10. The molecule has 0 bridgehead atoms. The Morgan fingerprint density at radius 1 is 1.00 bits per heavy atom. The van der Waals surface area contributed by atoms with Crippen LogP contribution in [0.25, 0.3) is 0 Å². The molecule has 0 spiro atoms. The summed E-state index contributed by atoms with van der Waals surface area (Å²) in [5.41, 5.74) is 9.19. The maximum Gasteiger partial charge on any atom is 0.212 e. The molecule has 160 valence electrons. The van der Waals surface area contributed by atoms with Crippen LogP contribution in [0.4, 0.5) is 11.4 Å². The molecule has 0 saturated carbocycles. The van der Waals surface area contributed by atoms with Crippen LogP contribution in [0.3, 0.4) is 0 Å². The van der Waals surface area contributed by atoms with E-state index in [0.29, 0.717) is 27.6 Å². The zero-order chi connectivity index (χ0) is 22.1. The van der Waals surface area contributed by atoms with Crippen LogP contribution < -0.4 is 16.0 Å². The predicted molar refractivity (Wildman–Crippen MR) is 127 cm³/mol. The summed E-state index contributed by atoms with van der Waals surface area (Å²) in [5, 5.41) is 3.54. The lowest BCUT2D eigenvalue weighted by atomic mass is 9.89. The maximum atomic E-state index is 13.3. The lowest BCUT2D eigenvalue weighted by Crippen LogP contribution is -2.40. The summed E-state index contributed by atoms with van der Waals surface area (Å²) in [6.07, 6.45) is 2.03.